The van der Waals surface area contributed by atoms with Crippen molar-refractivity contribution in [2.24, 2.45) is 0 Å². The standard InChI is InChI=1S/C5H10ClNO/c1-4(8)5(3-6)7-2/h7-8H,3H2,1-2H3/b5-4-. The molecule has 8 heavy (non-hydrogen) atoms. The van der Waals surface area contributed by atoms with Gasteiger partial charge in [0.05, 0.1) is 11.6 Å². The molecule has 0 aromatic rings. The van der Waals surface area contributed by atoms with E-state index in [0.29, 0.717) is 11.6 Å². The molecular weight excluding hydrogens is 126 g/mol. The van der Waals surface area contributed by atoms with Gasteiger partial charge in [-0.15, -0.1) is 11.6 Å². The molecule has 0 atom stereocenters. The van der Waals surface area contributed by atoms with Crippen LogP contribution in [0.3, 0.4) is 0 Å². The summed E-state index contributed by atoms with van der Waals surface area (Å²) in [6.07, 6.45) is 0. The molecule has 0 aromatic heterocycles. The number of aliphatic hydroxyl groups excluding tert-OH is 1. The van der Waals surface area contributed by atoms with E-state index in [1.54, 1.807) is 14.0 Å². The van der Waals surface area contributed by atoms with Crippen LogP contribution in [0, 0.1) is 0 Å². The summed E-state index contributed by atoms with van der Waals surface area (Å²) in [5, 5.41) is 11.5. The fourth-order valence-electron chi connectivity index (χ4n) is 0.344. The van der Waals surface area contributed by atoms with E-state index >= 15 is 0 Å². The molecule has 0 saturated carbocycles. The second-order valence-electron chi connectivity index (χ2n) is 1.45. The highest BCUT2D eigenvalue weighted by molar-refractivity contribution is 6.19. The average molecular weight is 136 g/mol. The molecule has 0 aliphatic rings. The molecule has 0 aliphatic heterocycles. The van der Waals surface area contributed by atoms with E-state index in [9.17, 15) is 0 Å². The van der Waals surface area contributed by atoms with Gasteiger partial charge in [-0.25, -0.2) is 0 Å². The fourth-order valence-corrected chi connectivity index (χ4v) is 0.671. The van der Waals surface area contributed by atoms with E-state index < -0.39 is 0 Å². The first-order chi connectivity index (χ1) is 3.72. The number of rotatable bonds is 2. The molecule has 2 N–H and O–H groups in total. The molecule has 0 rings (SSSR count). The van der Waals surface area contributed by atoms with Crippen LogP contribution in [0.25, 0.3) is 0 Å². The maximum absolute atomic E-state index is 8.74. The molecule has 0 saturated heterocycles. The molecule has 0 unspecified atom stereocenters. The molecule has 3 heteroatoms. The molecule has 48 valence electrons. The summed E-state index contributed by atoms with van der Waals surface area (Å²) in [6, 6.07) is 0. The van der Waals surface area contributed by atoms with Gasteiger partial charge in [-0.2, -0.15) is 0 Å². The first kappa shape index (κ1) is 7.63. The lowest BCUT2D eigenvalue weighted by Crippen LogP contribution is -2.09. The predicted octanol–water partition coefficient (Wildman–Crippen LogP) is 1.23. The van der Waals surface area contributed by atoms with Gasteiger partial charge in [0.1, 0.15) is 5.76 Å². The average Bonchev–Trinajstić information content (AvgIpc) is 1.69. The maximum Gasteiger partial charge on any atom is 0.109 e. The quantitative estimate of drug-likeness (QED) is 0.441. The zero-order chi connectivity index (χ0) is 6.57. The van der Waals surface area contributed by atoms with Crippen molar-refractivity contribution in [3.05, 3.63) is 11.5 Å². The van der Waals surface area contributed by atoms with E-state index in [1.165, 1.54) is 0 Å². The molecule has 0 heterocycles. The minimum atomic E-state index is 0.252. The van der Waals surface area contributed by atoms with Crippen molar-refractivity contribution in [3.8, 4) is 0 Å². The number of nitrogens with one attached hydrogen (secondary N) is 1. The SMILES string of the molecule is CN/C(CCl)=C(/C)O. The van der Waals surface area contributed by atoms with E-state index in [4.69, 9.17) is 16.7 Å². The first-order valence-corrected chi connectivity index (χ1v) is 2.88. The summed E-state index contributed by atoms with van der Waals surface area (Å²) in [5.41, 5.74) is 0.673. The van der Waals surface area contributed by atoms with Crippen molar-refractivity contribution in [1.82, 2.24) is 5.32 Å². The van der Waals surface area contributed by atoms with Crippen molar-refractivity contribution < 1.29 is 5.11 Å². The van der Waals surface area contributed by atoms with Gasteiger partial charge in [-0.3, -0.25) is 0 Å². The molecule has 2 nitrogen and oxygen atoms in total. The Balaban J connectivity index is 3.86. The summed E-state index contributed by atoms with van der Waals surface area (Å²) >= 11 is 5.38. The minimum absolute atomic E-state index is 0.252. The normalized spacial score (nSPS) is 12.9. The van der Waals surface area contributed by atoms with Crippen LogP contribution in [0.5, 0.6) is 0 Å². The Morgan fingerprint density at radius 1 is 1.75 bits per heavy atom. The van der Waals surface area contributed by atoms with Crippen LogP contribution in [0.15, 0.2) is 11.5 Å². The predicted molar refractivity (Wildman–Crippen MR) is 35.1 cm³/mol. The summed E-state index contributed by atoms with van der Waals surface area (Å²) in [6.45, 7) is 1.59. The van der Waals surface area contributed by atoms with E-state index in [-0.39, 0.29) is 5.76 Å². The van der Waals surface area contributed by atoms with Gasteiger partial charge >= 0.3 is 0 Å². The third kappa shape index (κ3) is 2.07. The van der Waals surface area contributed by atoms with Crippen molar-refractivity contribution in [1.29, 1.82) is 0 Å². The third-order valence-electron chi connectivity index (χ3n) is 0.872. The van der Waals surface area contributed by atoms with Gasteiger partial charge in [-0.05, 0) is 6.92 Å². The Morgan fingerprint density at radius 2 is 2.25 bits per heavy atom. The summed E-state index contributed by atoms with van der Waals surface area (Å²) in [7, 11) is 1.72. The van der Waals surface area contributed by atoms with Crippen LogP contribution in [0.2, 0.25) is 0 Å². The zero-order valence-corrected chi connectivity index (χ0v) is 5.79. The highest BCUT2D eigenvalue weighted by Crippen LogP contribution is 1.96. The third-order valence-corrected chi connectivity index (χ3v) is 1.14. The number of allylic oxidation sites excluding steroid dienone is 2. The number of hydrogen-bond donors (Lipinski definition) is 2. The minimum Gasteiger partial charge on any atom is -0.511 e. The Kier molecular flexibility index (Phi) is 3.44. The van der Waals surface area contributed by atoms with Crippen LogP contribution in [0.4, 0.5) is 0 Å². The van der Waals surface area contributed by atoms with Gasteiger partial charge < -0.3 is 10.4 Å². The van der Waals surface area contributed by atoms with E-state index in [0.717, 1.165) is 0 Å². The molecule has 0 radical (unpaired) electrons. The lowest BCUT2D eigenvalue weighted by Gasteiger charge is -2.00. The smallest absolute Gasteiger partial charge is 0.109 e. The molecule has 0 amide bonds. The number of alkyl halides is 1. The molecule has 0 fully saturated rings. The van der Waals surface area contributed by atoms with Gasteiger partial charge in [-0.1, -0.05) is 0 Å². The van der Waals surface area contributed by atoms with Crippen molar-refractivity contribution in [3.63, 3.8) is 0 Å². The maximum atomic E-state index is 8.74. The first-order valence-electron chi connectivity index (χ1n) is 2.34. The molecular formula is C5H10ClNO. The highest BCUT2D eigenvalue weighted by Gasteiger charge is 1.93. The Bertz CT molecular complexity index is 90.6. The monoisotopic (exact) mass is 135 g/mol. The number of hydrogen-bond acceptors (Lipinski definition) is 2. The number of halogens is 1. The summed E-state index contributed by atoms with van der Waals surface area (Å²) in [5.74, 6) is 0.584. The van der Waals surface area contributed by atoms with Gasteiger partial charge in [0.2, 0.25) is 0 Å². The fraction of sp³-hybridized carbons (Fsp3) is 0.600. The van der Waals surface area contributed by atoms with Crippen molar-refractivity contribution >= 4 is 11.6 Å². The molecule has 0 bridgehead atoms. The Labute approximate surface area is 54.2 Å². The molecule has 0 spiro atoms. The van der Waals surface area contributed by atoms with E-state index in [1.807, 2.05) is 0 Å². The van der Waals surface area contributed by atoms with Crippen molar-refractivity contribution in [2.45, 2.75) is 6.92 Å². The van der Waals surface area contributed by atoms with Crippen LogP contribution >= 0.6 is 11.6 Å². The lowest BCUT2D eigenvalue weighted by atomic mass is 10.4. The van der Waals surface area contributed by atoms with Crippen LogP contribution in [0.1, 0.15) is 6.92 Å². The summed E-state index contributed by atoms with van der Waals surface area (Å²) in [4.78, 5) is 0. The van der Waals surface area contributed by atoms with Crippen molar-refractivity contribution in [2.75, 3.05) is 12.9 Å². The highest BCUT2D eigenvalue weighted by atomic mass is 35.5. The Hall–Kier alpha value is -0.370. The largest absolute Gasteiger partial charge is 0.511 e. The second-order valence-corrected chi connectivity index (χ2v) is 1.71. The molecule has 0 aromatic carbocycles. The van der Waals surface area contributed by atoms with Gasteiger partial charge in [0.25, 0.3) is 0 Å². The van der Waals surface area contributed by atoms with Crippen LogP contribution < -0.4 is 5.32 Å². The van der Waals surface area contributed by atoms with E-state index in [2.05, 4.69) is 5.32 Å². The lowest BCUT2D eigenvalue weighted by molar-refractivity contribution is 0.403. The number of aliphatic hydroxyl groups is 1. The Morgan fingerprint density at radius 3 is 2.25 bits per heavy atom. The van der Waals surface area contributed by atoms with Crippen LogP contribution in [-0.4, -0.2) is 18.0 Å². The summed E-state index contributed by atoms with van der Waals surface area (Å²) < 4.78 is 0. The molecule has 0 aliphatic carbocycles. The zero-order valence-electron chi connectivity index (χ0n) is 5.03. The van der Waals surface area contributed by atoms with Gasteiger partial charge in [0, 0.05) is 7.05 Å². The van der Waals surface area contributed by atoms with Gasteiger partial charge in [0.15, 0.2) is 0 Å². The second kappa shape index (κ2) is 3.61. The van der Waals surface area contributed by atoms with Crippen LogP contribution in [-0.2, 0) is 0 Å². The topological polar surface area (TPSA) is 32.3 Å².